The molecule has 0 amide bonds. The lowest BCUT2D eigenvalue weighted by atomic mass is 9.97. The van der Waals surface area contributed by atoms with E-state index in [1.54, 1.807) is 51.1 Å². The van der Waals surface area contributed by atoms with Gasteiger partial charge in [0.1, 0.15) is 18.1 Å². The number of phenols is 1. The number of benzene rings is 2. The number of phenolic OH excluding ortho intramolecular Hbond substituents is 1. The molecule has 0 aliphatic carbocycles. The van der Waals surface area contributed by atoms with Crippen molar-refractivity contribution in [2.45, 2.75) is 26.4 Å². The fourth-order valence-electron chi connectivity index (χ4n) is 2.58. The summed E-state index contributed by atoms with van der Waals surface area (Å²) in [5.74, 6) is -0.809. The van der Waals surface area contributed by atoms with Crippen molar-refractivity contribution in [1.82, 2.24) is 0 Å². The molecule has 0 radical (unpaired) electrons. The summed E-state index contributed by atoms with van der Waals surface area (Å²) in [6.45, 7) is 5.43. The maximum Gasteiger partial charge on any atom is 0.338 e. The zero-order valence-corrected chi connectivity index (χ0v) is 15.5. The van der Waals surface area contributed by atoms with E-state index >= 15 is 0 Å². The minimum absolute atomic E-state index is 0.0462. The molecular weight excluding hydrogens is 348 g/mol. The Labute approximate surface area is 157 Å². The van der Waals surface area contributed by atoms with E-state index in [-0.39, 0.29) is 18.3 Å². The number of aryl methyl sites for hydroxylation is 1. The second kappa shape index (κ2) is 7.40. The Bertz CT molecular complexity index is 852. The number of esters is 2. The summed E-state index contributed by atoms with van der Waals surface area (Å²) in [5, 5.41) is 10.1. The molecule has 0 aromatic heterocycles. The highest BCUT2D eigenvalue weighted by molar-refractivity contribution is 5.89. The molecule has 1 fully saturated rings. The third kappa shape index (κ3) is 4.11. The molecule has 6 nitrogen and oxygen atoms in total. The van der Waals surface area contributed by atoms with Crippen molar-refractivity contribution in [2.75, 3.05) is 13.2 Å². The van der Waals surface area contributed by atoms with Gasteiger partial charge in [0.05, 0.1) is 18.1 Å². The molecule has 2 aromatic carbocycles. The quantitative estimate of drug-likeness (QED) is 0.477. The highest BCUT2D eigenvalue weighted by Crippen LogP contribution is 2.46. The SMILES string of the molecule is Cc1cc(OC(=O)C(C)C)c(C2(COC(=O)c3ccccc3)CO2)cc1O. The third-order valence-corrected chi connectivity index (χ3v) is 4.41. The molecule has 6 heteroatoms. The Kier molecular flexibility index (Phi) is 5.19. The smallest absolute Gasteiger partial charge is 0.338 e. The summed E-state index contributed by atoms with van der Waals surface area (Å²) in [7, 11) is 0. The number of carbonyl (C=O) groups excluding carboxylic acids is 2. The molecule has 0 saturated carbocycles. The third-order valence-electron chi connectivity index (χ3n) is 4.41. The van der Waals surface area contributed by atoms with Gasteiger partial charge in [-0.25, -0.2) is 4.79 Å². The molecule has 0 bridgehead atoms. The molecule has 1 heterocycles. The highest BCUT2D eigenvalue weighted by Gasteiger charge is 2.50. The van der Waals surface area contributed by atoms with Crippen LogP contribution in [-0.4, -0.2) is 30.3 Å². The first-order valence-electron chi connectivity index (χ1n) is 8.74. The van der Waals surface area contributed by atoms with Crippen LogP contribution in [0.2, 0.25) is 0 Å². The minimum Gasteiger partial charge on any atom is -0.508 e. The lowest BCUT2D eigenvalue weighted by molar-refractivity contribution is -0.137. The van der Waals surface area contributed by atoms with Crippen LogP contribution in [0.3, 0.4) is 0 Å². The molecule has 1 saturated heterocycles. The van der Waals surface area contributed by atoms with Gasteiger partial charge < -0.3 is 19.3 Å². The number of carbonyl (C=O) groups is 2. The van der Waals surface area contributed by atoms with Gasteiger partial charge in [-0.15, -0.1) is 0 Å². The number of ether oxygens (including phenoxy) is 3. The zero-order chi connectivity index (χ0) is 19.6. The molecule has 27 heavy (non-hydrogen) atoms. The Balaban J connectivity index is 1.82. The van der Waals surface area contributed by atoms with Gasteiger partial charge in [-0.05, 0) is 36.8 Å². The van der Waals surface area contributed by atoms with E-state index in [9.17, 15) is 14.7 Å². The van der Waals surface area contributed by atoms with Gasteiger partial charge in [0, 0.05) is 5.56 Å². The van der Waals surface area contributed by atoms with E-state index < -0.39 is 17.5 Å². The molecule has 2 aromatic rings. The van der Waals surface area contributed by atoms with Crippen molar-refractivity contribution in [2.24, 2.45) is 5.92 Å². The first-order valence-corrected chi connectivity index (χ1v) is 8.74. The largest absolute Gasteiger partial charge is 0.508 e. The molecule has 1 atom stereocenters. The van der Waals surface area contributed by atoms with Crippen molar-refractivity contribution >= 4 is 11.9 Å². The summed E-state index contributed by atoms with van der Waals surface area (Å²) in [6.07, 6.45) is 0. The summed E-state index contributed by atoms with van der Waals surface area (Å²) in [6, 6.07) is 11.7. The van der Waals surface area contributed by atoms with E-state index in [1.165, 1.54) is 6.07 Å². The molecule has 142 valence electrons. The number of epoxide rings is 1. The van der Waals surface area contributed by atoms with Crippen LogP contribution < -0.4 is 4.74 Å². The van der Waals surface area contributed by atoms with E-state index in [2.05, 4.69) is 0 Å². The lowest BCUT2D eigenvalue weighted by Gasteiger charge is -2.18. The van der Waals surface area contributed by atoms with Gasteiger partial charge in [0.2, 0.25) is 0 Å². The van der Waals surface area contributed by atoms with Crippen molar-refractivity contribution in [3.05, 3.63) is 59.2 Å². The average Bonchev–Trinajstić information content (AvgIpc) is 3.44. The lowest BCUT2D eigenvalue weighted by Crippen LogP contribution is -2.23. The molecule has 1 aliphatic heterocycles. The number of hydrogen-bond acceptors (Lipinski definition) is 6. The fraction of sp³-hybridized carbons (Fsp3) is 0.333. The normalized spacial score (nSPS) is 18.2. The summed E-state index contributed by atoms with van der Waals surface area (Å²) in [4.78, 5) is 24.3. The van der Waals surface area contributed by atoms with Crippen LogP contribution in [0.25, 0.3) is 0 Å². The molecular formula is C21H22O6. The van der Waals surface area contributed by atoms with Gasteiger partial charge >= 0.3 is 11.9 Å². The van der Waals surface area contributed by atoms with Crippen molar-refractivity contribution in [3.63, 3.8) is 0 Å². The Morgan fingerprint density at radius 1 is 1.22 bits per heavy atom. The van der Waals surface area contributed by atoms with Gasteiger partial charge in [-0.1, -0.05) is 32.0 Å². The van der Waals surface area contributed by atoms with Crippen LogP contribution in [0, 0.1) is 12.8 Å². The average molecular weight is 370 g/mol. The second-order valence-corrected chi connectivity index (χ2v) is 6.94. The van der Waals surface area contributed by atoms with Crippen molar-refractivity contribution in [3.8, 4) is 11.5 Å². The second-order valence-electron chi connectivity index (χ2n) is 6.94. The van der Waals surface area contributed by atoms with Crippen LogP contribution in [0.1, 0.15) is 35.3 Å². The highest BCUT2D eigenvalue weighted by atomic mass is 16.6. The Morgan fingerprint density at radius 2 is 1.89 bits per heavy atom. The van der Waals surface area contributed by atoms with E-state index in [4.69, 9.17) is 14.2 Å². The van der Waals surface area contributed by atoms with Gasteiger partial charge in [0.25, 0.3) is 0 Å². The van der Waals surface area contributed by atoms with Gasteiger partial charge in [-0.3, -0.25) is 4.79 Å². The first kappa shape index (κ1) is 18.9. The van der Waals surface area contributed by atoms with Crippen LogP contribution >= 0.6 is 0 Å². The Hall–Kier alpha value is -2.86. The maximum atomic E-state index is 12.2. The molecule has 0 spiro atoms. The molecule has 1 aliphatic rings. The van der Waals surface area contributed by atoms with Crippen LogP contribution in [0.5, 0.6) is 11.5 Å². The predicted molar refractivity (Wildman–Crippen MR) is 97.7 cm³/mol. The zero-order valence-electron chi connectivity index (χ0n) is 15.5. The minimum atomic E-state index is -0.928. The standard InChI is InChI=1S/C21H22O6/c1-13(2)19(23)27-18-9-14(3)17(22)10-16(18)21(12-26-21)11-25-20(24)15-7-5-4-6-8-15/h4-10,13,22H,11-12H2,1-3H3. The number of aromatic hydroxyl groups is 1. The maximum absolute atomic E-state index is 12.2. The molecule has 1 N–H and O–H groups in total. The molecule has 1 unspecified atom stereocenters. The summed E-state index contributed by atoms with van der Waals surface area (Å²) in [5.41, 5.74) is 0.566. The number of rotatable bonds is 6. The Morgan fingerprint density at radius 3 is 2.48 bits per heavy atom. The van der Waals surface area contributed by atoms with Crippen LogP contribution in [0.4, 0.5) is 0 Å². The predicted octanol–water partition coefficient (Wildman–Crippen LogP) is 3.34. The van der Waals surface area contributed by atoms with Gasteiger partial charge in [-0.2, -0.15) is 0 Å². The van der Waals surface area contributed by atoms with E-state index in [0.717, 1.165) is 0 Å². The number of hydrogen-bond donors (Lipinski definition) is 1. The van der Waals surface area contributed by atoms with Crippen LogP contribution in [0.15, 0.2) is 42.5 Å². The van der Waals surface area contributed by atoms with E-state index in [1.807, 2.05) is 6.07 Å². The van der Waals surface area contributed by atoms with Crippen molar-refractivity contribution in [1.29, 1.82) is 0 Å². The fourth-order valence-corrected chi connectivity index (χ4v) is 2.58. The van der Waals surface area contributed by atoms with Gasteiger partial charge in [0.15, 0.2) is 5.60 Å². The topological polar surface area (TPSA) is 85.4 Å². The monoisotopic (exact) mass is 370 g/mol. The summed E-state index contributed by atoms with van der Waals surface area (Å²) < 4.78 is 16.5. The molecule has 3 rings (SSSR count). The van der Waals surface area contributed by atoms with E-state index in [0.29, 0.717) is 29.0 Å². The summed E-state index contributed by atoms with van der Waals surface area (Å²) >= 11 is 0. The van der Waals surface area contributed by atoms with Crippen molar-refractivity contribution < 1.29 is 28.9 Å². The first-order chi connectivity index (χ1) is 12.8. The van der Waals surface area contributed by atoms with Crippen LogP contribution in [-0.2, 0) is 19.9 Å².